The fourth-order valence-corrected chi connectivity index (χ4v) is 9.06. The highest BCUT2D eigenvalue weighted by Crippen LogP contribution is 2.36. The van der Waals surface area contributed by atoms with E-state index in [0.717, 1.165) is 29.5 Å². The monoisotopic (exact) mass is 834 g/mol. The maximum absolute atomic E-state index is 15.0. The van der Waals surface area contributed by atoms with Crippen LogP contribution < -0.4 is 9.64 Å². The van der Waals surface area contributed by atoms with E-state index in [9.17, 15) is 40.0 Å². The Hall–Kier alpha value is -5.64. The molecular weight excluding hydrogens is 796 g/mol. The van der Waals surface area contributed by atoms with Crippen LogP contribution in [0.5, 0.6) is 5.75 Å². The van der Waals surface area contributed by atoms with E-state index in [1.54, 1.807) is 24.3 Å². The molecule has 2 saturated heterocycles. The molecule has 0 bridgehead atoms. The molecule has 9 nitrogen and oxygen atoms in total. The van der Waals surface area contributed by atoms with Crippen LogP contribution in [-0.2, 0) is 44.1 Å². The van der Waals surface area contributed by atoms with Crippen molar-refractivity contribution in [2.24, 2.45) is 0 Å². The fraction of sp³-hybridized carbons (Fsp3) is 0.273. The van der Waals surface area contributed by atoms with Crippen LogP contribution in [0.1, 0.15) is 64.2 Å². The number of ether oxygens (including phenoxy) is 3. The normalized spacial score (nSPS) is 16.2. The van der Waals surface area contributed by atoms with Gasteiger partial charge in [0, 0.05) is 31.5 Å². The second kappa shape index (κ2) is 18.1. The number of amides is 1. The van der Waals surface area contributed by atoms with Gasteiger partial charge in [-0.1, -0.05) is 84.9 Å². The largest absolute Gasteiger partial charge is 0.488 e. The number of hydrogen-bond donors (Lipinski definition) is 0. The summed E-state index contributed by atoms with van der Waals surface area (Å²) in [6.45, 7) is 0.652. The molecule has 0 spiro atoms. The van der Waals surface area contributed by atoms with Gasteiger partial charge in [-0.05, 0) is 66.0 Å². The second-order valence-corrected chi connectivity index (χ2v) is 16.1. The van der Waals surface area contributed by atoms with Gasteiger partial charge >= 0.3 is 5.97 Å². The number of sulfonamides is 1. The van der Waals surface area contributed by atoms with Gasteiger partial charge in [0.1, 0.15) is 30.6 Å². The van der Waals surface area contributed by atoms with Gasteiger partial charge in [0.15, 0.2) is 28.2 Å². The topological polar surface area (TPSA) is 102 Å². The van der Waals surface area contributed by atoms with Crippen LogP contribution in [0.3, 0.4) is 0 Å². The standard InChI is InChI=1S/C44H39F5N2O7S/c45-37-38(46)40(48)42(41(49)39(37)47)59(54,55)51-21-7-12-35(51)43(52)50(25-28-13-15-31(16-14-28)32-19-22-56-23-20-32)33-17-18-34(44(53)58-27-30-10-5-2-6-11-30)36(24-33)57-26-29-8-3-1-4-9-29/h1-6,8-11,13-18,24,32,35H,7,12,19-23,25-27H2/t35-/m1/s1. The maximum Gasteiger partial charge on any atom is 0.342 e. The number of anilines is 1. The minimum Gasteiger partial charge on any atom is -0.488 e. The molecule has 308 valence electrons. The van der Waals surface area contributed by atoms with E-state index in [1.807, 2.05) is 60.7 Å². The van der Waals surface area contributed by atoms with Gasteiger partial charge in [-0.3, -0.25) is 4.79 Å². The summed E-state index contributed by atoms with van der Waals surface area (Å²) >= 11 is 0. The predicted molar refractivity (Wildman–Crippen MR) is 206 cm³/mol. The van der Waals surface area contributed by atoms with E-state index in [4.69, 9.17) is 14.2 Å². The summed E-state index contributed by atoms with van der Waals surface area (Å²) in [5.74, 6) is -13.7. The zero-order chi connectivity index (χ0) is 41.7. The smallest absolute Gasteiger partial charge is 0.342 e. The summed E-state index contributed by atoms with van der Waals surface area (Å²) in [7, 11) is -5.46. The molecule has 7 rings (SSSR count). The summed E-state index contributed by atoms with van der Waals surface area (Å²) in [4.78, 5) is 27.5. The predicted octanol–water partition coefficient (Wildman–Crippen LogP) is 8.60. The Morgan fingerprint density at radius 2 is 1.31 bits per heavy atom. The van der Waals surface area contributed by atoms with Gasteiger partial charge in [-0.15, -0.1) is 0 Å². The van der Waals surface area contributed by atoms with Gasteiger partial charge in [0.25, 0.3) is 0 Å². The third-order valence-corrected chi connectivity index (χ3v) is 12.4. The summed E-state index contributed by atoms with van der Waals surface area (Å²) < 4.78 is 118. The molecule has 0 radical (unpaired) electrons. The van der Waals surface area contributed by atoms with Crippen molar-refractivity contribution in [1.82, 2.24) is 4.31 Å². The van der Waals surface area contributed by atoms with Crippen LogP contribution in [0.25, 0.3) is 0 Å². The highest BCUT2D eigenvalue weighted by atomic mass is 32.2. The third-order valence-electron chi connectivity index (χ3n) is 10.5. The van der Waals surface area contributed by atoms with Crippen molar-refractivity contribution >= 4 is 27.6 Å². The summed E-state index contributed by atoms with van der Waals surface area (Å²) in [5, 5.41) is 0. The van der Waals surface area contributed by atoms with Gasteiger partial charge in [0.2, 0.25) is 21.7 Å². The SMILES string of the molecule is O=C(OCc1ccccc1)c1ccc(N(Cc2ccc(C3CCOCC3)cc2)C(=O)[C@H]2CCCN2S(=O)(=O)c2c(F)c(F)c(F)c(F)c2F)cc1OCc1ccccc1. The van der Waals surface area contributed by atoms with Crippen LogP contribution in [0.2, 0.25) is 0 Å². The molecule has 2 fully saturated rings. The summed E-state index contributed by atoms with van der Waals surface area (Å²) in [5.41, 5.74) is 3.39. The van der Waals surface area contributed by atoms with Crippen LogP contribution in [0.4, 0.5) is 27.6 Å². The molecule has 15 heteroatoms. The number of esters is 1. The lowest BCUT2D eigenvalue weighted by Crippen LogP contribution is -2.48. The zero-order valence-electron chi connectivity index (χ0n) is 31.6. The first kappa shape index (κ1) is 41.5. The quantitative estimate of drug-likeness (QED) is 0.0507. The maximum atomic E-state index is 15.0. The molecule has 5 aromatic carbocycles. The molecule has 1 amide bonds. The molecule has 0 aromatic heterocycles. The Bertz CT molecular complexity index is 2390. The van der Waals surface area contributed by atoms with Crippen molar-refractivity contribution in [1.29, 1.82) is 0 Å². The summed E-state index contributed by atoms with van der Waals surface area (Å²) in [6, 6.07) is 28.3. The average molecular weight is 835 g/mol. The minimum atomic E-state index is -5.46. The average Bonchev–Trinajstić information content (AvgIpc) is 3.78. The molecule has 0 aliphatic carbocycles. The zero-order valence-corrected chi connectivity index (χ0v) is 32.4. The van der Waals surface area contributed by atoms with E-state index < -0.39 is 68.5 Å². The molecule has 1 atom stereocenters. The second-order valence-electron chi connectivity index (χ2n) is 14.2. The molecule has 2 heterocycles. The highest BCUT2D eigenvalue weighted by molar-refractivity contribution is 7.89. The highest BCUT2D eigenvalue weighted by Gasteiger charge is 2.45. The van der Waals surface area contributed by atoms with Crippen molar-refractivity contribution in [2.45, 2.75) is 62.3 Å². The van der Waals surface area contributed by atoms with E-state index >= 15 is 0 Å². The Balaban J connectivity index is 1.26. The number of benzene rings is 5. The fourth-order valence-electron chi connectivity index (χ4n) is 7.29. The van der Waals surface area contributed by atoms with E-state index in [0.29, 0.717) is 23.1 Å². The first-order valence-electron chi connectivity index (χ1n) is 19.0. The van der Waals surface area contributed by atoms with E-state index in [2.05, 4.69) is 0 Å². The lowest BCUT2D eigenvalue weighted by atomic mass is 9.91. The number of nitrogens with zero attached hydrogens (tertiary/aromatic N) is 2. The Kier molecular flexibility index (Phi) is 12.7. The van der Waals surface area contributed by atoms with E-state index in [-0.39, 0.29) is 55.5 Å². The first-order valence-corrected chi connectivity index (χ1v) is 20.4. The Labute approximate surface area is 338 Å². The molecule has 0 N–H and O–H groups in total. The third kappa shape index (κ3) is 9.02. The molecule has 2 aliphatic heterocycles. The van der Waals surface area contributed by atoms with Crippen molar-refractivity contribution in [3.63, 3.8) is 0 Å². The van der Waals surface area contributed by atoms with Gasteiger partial charge in [-0.25, -0.2) is 35.2 Å². The van der Waals surface area contributed by atoms with Gasteiger partial charge < -0.3 is 19.1 Å². The van der Waals surface area contributed by atoms with Crippen LogP contribution in [-0.4, -0.2) is 50.4 Å². The molecule has 2 aliphatic rings. The van der Waals surface area contributed by atoms with Crippen molar-refractivity contribution < 1.29 is 54.2 Å². The minimum absolute atomic E-state index is 0.0153. The molecular formula is C44H39F5N2O7S. The van der Waals surface area contributed by atoms with Crippen LogP contribution in [0.15, 0.2) is 108 Å². The number of carbonyl (C=O) groups is 2. The van der Waals surface area contributed by atoms with Crippen molar-refractivity contribution in [3.8, 4) is 5.75 Å². The first-order chi connectivity index (χ1) is 28.4. The van der Waals surface area contributed by atoms with Crippen molar-refractivity contribution in [3.05, 3.63) is 160 Å². The van der Waals surface area contributed by atoms with Crippen LogP contribution in [0, 0.1) is 29.1 Å². The van der Waals surface area contributed by atoms with Crippen molar-refractivity contribution in [2.75, 3.05) is 24.7 Å². The molecule has 0 unspecified atom stereocenters. The summed E-state index contributed by atoms with van der Waals surface area (Å²) in [6.07, 6.45) is 1.58. The number of halogens is 5. The Morgan fingerprint density at radius 1 is 0.712 bits per heavy atom. The van der Waals surface area contributed by atoms with E-state index in [1.165, 1.54) is 23.1 Å². The molecule has 0 saturated carbocycles. The van der Waals surface area contributed by atoms with Gasteiger partial charge in [-0.2, -0.15) is 4.31 Å². The lowest BCUT2D eigenvalue weighted by Gasteiger charge is -2.31. The Morgan fingerprint density at radius 3 is 1.93 bits per heavy atom. The van der Waals surface area contributed by atoms with Gasteiger partial charge in [0.05, 0.1) is 6.54 Å². The number of hydrogen-bond acceptors (Lipinski definition) is 7. The number of carbonyl (C=O) groups excluding carboxylic acids is 2. The lowest BCUT2D eigenvalue weighted by molar-refractivity contribution is -0.121. The molecule has 59 heavy (non-hydrogen) atoms. The van der Waals surface area contributed by atoms with Crippen LogP contribution >= 0.6 is 0 Å². The molecule has 5 aromatic rings. The number of rotatable bonds is 13.